The van der Waals surface area contributed by atoms with E-state index in [1.165, 1.54) is 43.4 Å². The normalized spacial score (nSPS) is 14.0. The molecule has 0 saturated heterocycles. The van der Waals surface area contributed by atoms with Crippen molar-refractivity contribution < 1.29 is 35.9 Å². The lowest BCUT2D eigenvalue weighted by Gasteiger charge is -2.20. The standard InChI is InChI=1S/C21H23F3N2O5S/c1-26(14-15-5-2-3-6-17(15)21(22,23)24)20(27)9-10-25-32(28,29)16-7-8-18-19(13-16)31-12-4-11-30-18/h2-3,5-8,13,25H,4,9-12,14H2,1H3. The smallest absolute Gasteiger partial charge is 0.416 e. The van der Waals surface area contributed by atoms with E-state index in [-0.39, 0.29) is 30.0 Å². The lowest BCUT2D eigenvalue weighted by molar-refractivity contribution is -0.139. The van der Waals surface area contributed by atoms with Crippen molar-refractivity contribution in [1.82, 2.24) is 9.62 Å². The number of nitrogens with zero attached hydrogens (tertiary/aromatic N) is 1. The fraction of sp³-hybridized carbons (Fsp3) is 0.381. The van der Waals surface area contributed by atoms with Crippen molar-refractivity contribution in [3.63, 3.8) is 0 Å². The molecule has 1 amide bonds. The molecule has 174 valence electrons. The molecule has 3 rings (SSSR count). The Morgan fingerprint density at radius 3 is 2.50 bits per heavy atom. The van der Waals surface area contributed by atoms with E-state index in [1.54, 1.807) is 0 Å². The van der Waals surface area contributed by atoms with Gasteiger partial charge in [-0.15, -0.1) is 0 Å². The summed E-state index contributed by atoms with van der Waals surface area (Å²) < 4.78 is 77.8. The number of carbonyl (C=O) groups is 1. The first-order chi connectivity index (χ1) is 15.1. The van der Waals surface area contributed by atoms with Gasteiger partial charge in [-0.3, -0.25) is 4.79 Å². The Kier molecular flexibility index (Phi) is 7.29. The number of rotatable bonds is 7. The minimum atomic E-state index is -4.53. The average molecular weight is 472 g/mol. The maximum Gasteiger partial charge on any atom is 0.416 e. The van der Waals surface area contributed by atoms with Gasteiger partial charge in [-0.2, -0.15) is 13.2 Å². The van der Waals surface area contributed by atoms with E-state index >= 15 is 0 Å². The third kappa shape index (κ3) is 5.92. The molecule has 1 N–H and O–H groups in total. The molecule has 7 nitrogen and oxygen atoms in total. The molecular formula is C21H23F3N2O5S. The molecule has 2 aromatic rings. The van der Waals surface area contributed by atoms with Crippen LogP contribution in [0.25, 0.3) is 0 Å². The van der Waals surface area contributed by atoms with Crippen LogP contribution in [-0.4, -0.2) is 46.0 Å². The highest BCUT2D eigenvalue weighted by Crippen LogP contribution is 2.33. The number of alkyl halides is 3. The first-order valence-electron chi connectivity index (χ1n) is 9.86. The van der Waals surface area contributed by atoms with Crippen LogP contribution in [-0.2, 0) is 27.5 Å². The number of fused-ring (bicyclic) bond motifs is 1. The SMILES string of the molecule is CN(Cc1ccccc1C(F)(F)F)C(=O)CCNS(=O)(=O)c1ccc2c(c1)OCCCO2. The molecule has 1 aliphatic rings. The van der Waals surface area contributed by atoms with Gasteiger partial charge in [-0.25, -0.2) is 13.1 Å². The monoisotopic (exact) mass is 472 g/mol. The fourth-order valence-electron chi connectivity index (χ4n) is 3.16. The number of sulfonamides is 1. The average Bonchev–Trinajstić information content (AvgIpc) is 2.98. The van der Waals surface area contributed by atoms with Crippen molar-refractivity contribution in [3.05, 3.63) is 53.6 Å². The molecule has 0 saturated carbocycles. The van der Waals surface area contributed by atoms with Gasteiger partial charge < -0.3 is 14.4 Å². The molecule has 1 aliphatic heterocycles. The Hall–Kier alpha value is -2.79. The second-order valence-corrected chi connectivity index (χ2v) is 8.98. The van der Waals surface area contributed by atoms with Crippen molar-refractivity contribution in [2.45, 2.75) is 30.5 Å². The predicted molar refractivity (Wildman–Crippen MR) is 110 cm³/mol. The van der Waals surface area contributed by atoms with Crippen LogP contribution in [0.15, 0.2) is 47.4 Å². The summed E-state index contributed by atoms with van der Waals surface area (Å²) in [5, 5.41) is 0. The highest BCUT2D eigenvalue weighted by atomic mass is 32.2. The zero-order valence-electron chi connectivity index (χ0n) is 17.3. The Morgan fingerprint density at radius 1 is 1.09 bits per heavy atom. The van der Waals surface area contributed by atoms with Crippen LogP contribution in [0.2, 0.25) is 0 Å². The first-order valence-corrected chi connectivity index (χ1v) is 11.3. The topological polar surface area (TPSA) is 84.9 Å². The van der Waals surface area contributed by atoms with Gasteiger partial charge in [0.1, 0.15) is 0 Å². The number of carbonyl (C=O) groups excluding carboxylic acids is 1. The summed E-state index contributed by atoms with van der Waals surface area (Å²) >= 11 is 0. The van der Waals surface area contributed by atoms with E-state index in [0.717, 1.165) is 11.0 Å². The molecule has 0 aliphatic carbocycles. The van der Waals surface area contributed by atoms with Crippen molar-refractivity contribution in [2.75, 3.05) is 26.8 Å². The van der Waals surface area contributed by atoms with Crippen LogP contribution in [0, 0.1) is 0 Å². The molecule has 0 aromatic heterocycles. The van der Waals surface area contributed by atoms with E-state index in [9.17, 15) is 26.4 Å². The van der Waals surface area contributed by atoms with E-state index in [4.69, 9.17) is 9.47 Å². The molecule has 0 spiro atoms. The van der Waals surface area contributed by atoms with Gasteiger partial charge in [0.2, 0.25) is 15.9 Å². The Bertz CT molecular complexity index is 1070. The maximum absolute atomic E-state index is 13.1. The minimum absolute atomic E-state index is 0.0383. The van der Waals surface area contributed by atoms with Crippen LogP contribution in [0.5, 0.6) is 11.5 Å². The maximum atomic E-state index is 13.1. The number of benzene rings is 2. The Morgan fingerprint density at radius 2 is 1.78 bits per heavy atom. The van der Waals surface area contributed by atoms with Gasteiger partial charge >= 0.3 is 6.18 Å². The zero-order valence-corrected chi connectivity index (χ0v) is 18.1. The number of hydrogen-bond donors (Lipinski definition) is 1. The summed E-state index contributed by atoms with van der Waals surface area (Å²) in [6.07, 6.45) is -4.06. The second kappa shape index (κ2) is 9.78. The molecule has 2 aromatic carbocycles. The summed E-state index contributed by atoms with van der Waals surface area (Å²) in [4.78, 5) is 13.4. The summed E-state index contributed by atoms with van der Waals surface area (Å²) in [5.74, 6) is 0.283. The number of hydrogen-bond acceptors (Lipinski definition) is 5. The largest absolute Gasteiger partial charge is 0.490 e. The van der Waals surface area contributed by atoms with Crippen LogP contribution < -0.4 is 14.2 Å². The minimum Gasteiger partial charge on any atom is -0.490 e. The van der Waals surface area contributed by atoms with Crippen molar-refractivity contribution in [2.24, 2.45) is 0 Å². The quantitative estimate of drug-likeness (QED) is 0.669. The van der Waals surface area contributed by atoms with Crippen LogP contribution >= 0.6 is 0 Å². The van der Waals surface area contributed by atoms with E-state index < -0.39 is 27.7 Å². The molecule has 0 radical (unpaired) electrons. The summed E-state index contributed by atoms with van der Waals surface area (Å²) in [5.41, 5.74) is -0.849. The van der Waals surface area contributed by atoms with Gasteiger partial charge in [0.05, 0.1) is 23.7 Å². The fourth-order valence-corrected chi connectivity index (χ4v) is 4.20. The zero-order chi connectivity index (χ0) is 23.4. The number of halogens is 3. The first kappa shape index (κ1) is 23.9. The van der Waals surface area contributed by atoms with E-state index in [0.29, 0.717) is 31.1 Å². The highest BCUT2D eigenvalue weighted by Gasteiger charge is 2.33. The van der Waals surface area contributed by atoms with Gasteiger partial charge in [0, 0.05) is 39.0 Å². The molecule has 0 atom stereocenters. The van der Waals surface area contributed by atoms with Crippen LogP contribution in [0.1, 0.15) is 24.0 Å². The van der Waals surface area contributed by atoms with Crippen molar-refractivity contribution >= 4 is 15.9 Å². The Labute approximate surface area is 184 Å². The molecule has 0 bridgehead atoms. The van der Waals surface area contributed by atoms with Crippen molar-refractivity contribution in [1.29, 1.82) is 0 Å². The number of nitrogens with one attached hydrogen (secondary N) is 1. The second-order valence-electron chi connectivity index (χ2n) is 7.21. The number of ether oxygens (including phenoxy) is 2. The summed E-state index contributed by atoms with van der Waals surface area (Å²) in [6.45, 7) is 0.424. The van der Waals surface area contributed by atoms with Gasteiger partial charge in [-0.05, 0) is 23.8 Å². The Balaban J connectivity index is 1.58. The van der Waals surface area contributed by atoms with Crippen molar-refractivity contribution in [3.8, 4) is 11.5 Å². The molecule has 1 heterocycles. The molecule has 0 fully saturated rings. The van der Waals surface area contributed by atoms with Gasteiger partial charge in [0.15, 0.2) is 11.5 Å². The highest BCUT2D eigenvalue weighted by molar-refractivity contribution is 7.89. The number of amides is 1. The lowest BCUT2D eigenvalue weighted by atomic mass is 10.1. The van der Waals surface area contributed by atoms with E-state index in [2.05, 4.69) is 4.72 Å². The van der Waals surface area contributed by atoms with Gasteiger partial charge in [0.25, 0.3) is 0 Å². The molecule has 11 heteroatoms. The van der Waals surface area contributed by atoms with E-state index in [1.807, 2.05) is 0 Å². The summed E-state index contributed by atoms with van der Waals surface area (Å²) in [7, 11) is -2.55. The predicted octanol–water partition coefficient (Wildman–Crippen LogP) is 3.19. The third-order valence-corrected chi connectivity index (χ3v) is 6.27. The van der Waals surface area contributed by atoms with Gasteiger partial charge in [-0.1, -0.05) is 18.2 Å². The molecule has 0 unspecified atom stereocenters. The van der Waals surface area contributed by atoms with Crippen LogP contribution in [0.3, 0.4) is 0 Å². The molecular weight excluding hydrogens is 449 g/mol. The summed E-state index contributed by atoms with van der Waals surface area (Å²) in [6, 6.07) is 9.24. The third-order valence-electron chi connectivity index (χ3n) is 4.82. The lowest BCUT2D eigenvalue weighted by Crippen LogP contribution is -2.32. The van der Waals surface area contributed by atoms with Crippen LogP contribution in [0.4, 0.5) is 13.2 Å². The molecule has 32 heavy (non-hydrogen) atoms.